The maximum absolute atomic E-state index is 11.1. The van der Waals surface area contributed by atoms with Gasteiger partial charge in [0, 0.05) is 31.5 Å². The highest BCUT2D eigenvalue weighted by Crippen LogP contribution is 2.17. The van der Waals surface area contributed by atoms with E-state index >= 15 is 0 Å². The Balaban J connectivity index is 1.58. The van der Waals surface area contributed by atoms with Crippen molar-refractivity contribution in [1.29, 1.82) is 0 Å². The molecule has 3 aromatic rings. The van der Waals surface area contributed by atoms with Crippen LogP contribution in [0.4, 0.5) is 5.69 Å². The molecule has 0 fully saturated rings. The molecular formula is C23H27N3O3. The van der Waals surface area contributed by atoms with Crippen molar-refractivity contribution in [3.05, 3.63) is 78.4 Å². The van der Waals surface area contributed by atoms with Crippen LogP contribution < -0.4 is 10.1 Å². The van der Waals surface area contributed by atoms with Crippen LogP contribution in [0.2, 0.25) is 0 Å². The second-order valence-electron chi connectivity index (χ2n) is 6.96. The fourth-order valence-corrected chi connectivity index (χ4v) is 3.08. The first-order chi connectivity index (χ1) is 14.1. The molecular weight excluding hydrogens is 366 g/mol. The minimum Gasteiger partial charge on any atom is -0.497 e. The fourth-order valence-electron chi connectivity index (χ4n) is 3.08. The maximum atomic E-state index is 11.1. The smallest absolute Gasteiger partial charge is 0.221 e. The molecule has 0 bridgehead atoms. The van der Waals surface area contributed by atoms with Crippen molar-refractivity contribution < 1.29 is 14.3 Å². The molecule has 3 rings (SSSR count). The Hall–Kier alpha value is -3.12. The molecule has 2 aromatic carbocycles. The van der Waals surface area contributed by atoms with E-state index in [9.17, 15) is 4.79 Å². The number of anilines is 1. The zero-order valence-corrected chi connectivity index (χ0v) is 16.9. The predicted molar refractivity (Wildman–Crippen MR) is 113 cm³/mol. The second kappa shape index (κ2) is 10.4. The number of imidazole rings is 1. The van der Waals surface area contributed by atoms with Crippen molar-refractivity contribution in [2.75, 3.05) is 12.4 Å². The number of hydrogen-bond donors (Lipinski definition) is 1. The largest absolute Gasteiger partial charge is 0.497 e. The number of methoxy groups -OCH3 is 1. The lowest BCUT2D eigenvalue weighted by molar-refractivity contribution is -0.114. The number of hydrogen-bond acceptors (Lipinski definition) is 4. The molecule has 0 spiro atoms. The number of nitrogens with zero attached hydrogens (tertiary/aromatic N) is 2. The van der Waals surface area contributed by atoms with Crippen molar-refractivity contribution in [3.8, 4) is 5.75 Å². The highest BCUT2D eigenvalue weighted by atomic mass is 16.5. The number of amides is 1. The Labute approximate surface area is 171 Å². The topological polar surface area (TPSA) is 65.4 Å². The van der Waals surface area contributed by atoms with Gasteiger partial charge in [-0.1, -0.05) is 24.3 Å². The van der Waals surface area contributed by atoms with Gasteiger partial charge in [-0.15, -0.1) is 0 Å². The number of benzene rings is 2. The van der Waals surface area contributed by atoms with Gasteiger partial charge in [0.15, 0.2) is 0 Å². The summed E-state index contributed by atoms with van der Waals surface area (Å²) >= 11 is 0. The summed E-state index contributed by atoms with van der Waals surface area (Å²) in [5.41, 5.74) is 3.11. The molecule has 0 saturated heterocycles. The van der Waals surface area contributed by atoms with Crippen LogP contribution in [0.15, 0.2) is 67.3 Å². The van der Waals surface area contributed by atoms with Crippen molar-refractivity contribution >= 4 is 11.6 Å². The Morgan fingerprint density at radius 3 is 2.45 bits per heavy atom. The molecule has 0 radical (unpaired) electrons. The number of rotatable bonds is 10. The normalized spacial score (nSPS) is 11.8. The quantitative estimate of drug-likeness (QED) is 0.564. The molecule has 0 aliphatic carbocycles. The third-order valence-electron chi connectivity index (χ3n) is 4.65. The Morgan fingerprint density at radius 1 is 1.10 bits per heavy atom. The van der Waals surface area contributed by atoms with E-state index in [4.69, 9.17) is 9.47 Å². The molecule has 0 aliphatic heterocycles. The van der Waals surface area contributed by atoms with E-state index in [1.165, 1.54) is 12.5 Å². The van der Waals surface area contributed by atoms with Crippen molar-refractivity contribution in [3.63, 3.8) is 0 Å². The molecule has 6 nitrogen and oxygen atoms in total. The monoisotopic (exact) mass is 393 g/mol. The number of aryl methyl sites for hydroxylation is 1. The first-order valence-electron chi connectivity index (χ1n) is 9.69. The number of ether oxygens (including phenoxy) is 2. The van der Waals surface area contributed by atoms with E-state index in [-0.39, 0.29) is 12.0 Å². The van der Waals surface area contributed by atoms with Crippen LogP contribution in [-0.2, 0) is 29.1 Å². The van der Waals surface area contributed by atoms with Crippen molar-refractivity contribution in [2.24, 2.45) is 0 Å². The van der Waals surface area contributed by atoms with Gasteiger partial charge in [0.1, 0.15) is 5.75 Å². The Morgan fingerprint density at radius 2 is 1.83 bits per heavy atom. The Bertz CT molecular complexity index is 875. The van der Waals surface area contributed by atoms with E-state index in [0.717, 1.165) is 36.4 Å². The van der Waals surface area contributed by atoms with Crippen molar-refractivity contribution in [2.45, 2.75) is 39.0 Å². The highest BCUT2D eigenvalue weighted by molar-refractivity contribution is 5.88. The van der Waals surface area contributed by atoms with Crippen molar-refractivity contribution in [1.82, 2.24) is 9.55 Å². The number of nitrogens with one attached hydrogen (secondary N) is 1. The number of carbonyl (C=O) groups excluding carboxylic acids is 1. The number of carbonyl (C=O) groups is 1. The fraction of sp³-hybridized carbons (Fsp3) is 0.304. The summed E-state index contributed by atoms with van der Waals surface area (Å²) in [4.78, 5) is 15.3. The third kappa shape index (κ3) is 6.76. The molecule has 1 heterocycles. The summed E-state index contributed by atoms with van der Waals surface area (Å²) in [7, 11) is 1.67. The van der Waals surface area contributed by atoms with Gasteiger partial charge in [-0.2, -0.15) is 0 Å². The Kier molecular flexibility index (Phi) is 7.41. The lowest BCUT2D eigenvalue weighted by atomic mass is 10.1. The van der Waals surface area contributed by atoms with E-state index < -0.39 is 0 Å². The number of aromatic nitrogens is 2. The van der Waals surface area contributed by atoms with Crippen LogP contribution in [0.3, 0.4) is 0 Å². The molecule has 0 aliphatic rings. The summed E-state index contributed by atoms with van der Waals surface area (Å²) in [6.07, 6.45) is 7.42. The summed E-state index contributed by atoms with van der Waals surface area (Å²) in [5, 5.41) is 2.77. The molecule has 1 N–H and O–H groups in total. The summed E-state index contributed by atoms with van der Waals surface area (Å²) in [5.74, 6) is 0.788. The molecule has 1 aromatic heterocycles. The summed E-state index contributed by atoms with van der Waals surface area (Å²) < 4.78 is 13.5. The SMILES string of the molecule is COc1ccc(CCC(Cn2ccnc2)OCc2ccc(NC(C)=O)cc2)cc1. The van der Waals surface area contributed by atoms with Gasteiger partial charge in [-0.25, -0.2) is 4.98 Å². The zero-order chi connectivity index (χ0) is 20.5. The van der Waals surface area contributed by atoms with E-state index in [1.807, 2.05) is 53.5 Å². The highest BCUT2D eigenvalue weighted by Gasteiger charge is 2.11. The first-order valence-corrected chi connectivity index (χ1v) is 9.69. The molecule has 6 heteroatoms. The average molecular weight is 393 g/mol. The summed E-state index contributed by atoms with van der Waals surface area (Å²) in [6.45, 7) is 2.77. The minimum absolute atomic E-state index is 0.0568. The lowest BCUT2D eigenvalue weighted by Crippen LogP contribution is -2.20. The van der Waals surface area contributed by atoms with Crippen LogP contribution in [0, 0.1) is 0 Å². The standard InChI is InChI=1S/C23H27N3O3/c1-18(27)25-21-8-3-20(4-9-21)16-29-23(15-26-14-13-24-17-26)12-7-19-5-10-22(28-2)11-6-19/h3-6,8-11,13-14,17,23H,7,12,15-16H2,1-2H3,(H,25,27). The molecule has 0 saturated carbocycles. The van der Waals surface area contributed by atoms with Gasteiger partial charge in [-0.3, -0.25) is 4.79 Å². The van der Waals surface area contributed by atoms with Crippen LogP contribution >= 0.6 is 0 Å². The molecule has 1 amide bonds. The van der Waals surface area contributed by atoms with E-state index in [1.54, 1.807) is 13.3 Å². The molecule has 29 heavy (non-hydrogen) atoms. The van der Waals surface area contributed by atoms with E-state index in [0.29, 0.717) is 6.61 Å². The van der Waals surface area contributed by atoms with Gasteiger partial charge >= 0.3 is 0 Å². The minimum atomic E-state index is -0.0760. The van der Waals surface area contributed by atoms with Gasteiger partial charge in [0.2, 0.25) is 5.91 Å². The predicted octanol–water partition coefficient (Wildman–Crippen LogP) is 4.07. The molecule has 152 valence electrons. The maximum Gasteiger partial charge on any atom is 0.221 e. The van der Waals surface area contributed by atoms with Gasteiger partial charge < -0.3 is 19.4 Å². The summed E-state index contributed by atoms with van der Waals surface area (Å²) in [6, 6.07) is 15.9. The average Bonchev–Trinajstić information content (AvgIpc) is 3.24. The lowest BCUT2D eigenvalue weighted by Gasteiger charge is -2.19. The van der Waals surface area contributed by atoms with Crippen LogP contribution in [-0.4, -0.2) is 28.7 Å². The van der Waals surface area contributed by atoms with Crippen LogP contribution in [0.25, 0.3) is 0 Å². The first kappa shape index (κ1) is 20.6. The van der Waals surface area contributed by atoms with E-state index in [2.05, 4.69) is 22.4 Å². The van der Waals surface area contributed by atoms with Gasteiger partial charge in [0.05, 0.1) is 26.1 Å². The second-order valence-corrected chi connectivity index (χ2v) is 6.96. The van der Waals surface area contributed by atoms with Crippen LogP contribution in [0.5, 0.6) is 5.75 Å². The molecule has 1 atom stereocenters. The molecule has 1 unspecified atom stereocenters. The van der Waals surface area contributed by atoms with Crippen LogP contribution in [0.1, 0.15) is 24.5 Å². The van der Waals surface area contributed by atoms with Gasteiger partial charge in [-0.05, 0) is 48.2 Å². The third-order valence-corrected chi connectivity index (χ3v) is 4.65. The van der Waals surface area contributed by atoms with Gasteiger partial charge in [0.25, 0.3) is 0 Å². The zero-order valence-electron chi connectivity index (χ0n) is 16.9.